The molecular weight excluding hydrogens is 283 g/mol. The highest BCUT2D eigenvalue weighted by Crippen LogP contribution is 2.14. The molecule has 1 saturated heterocycles. The lowest BCUT2D eigenvalue weighted by Gasteiger charge is -2.24. The normalized spacial score (nSPS) is 17.0. The fourth-order valence-electron chi connectivity index (χ4n) is 2.63. The van der Waals surface area contributed by atoms with Gasteiger partial charge in [-0.2, -0.15) is 0 Å². The van der Waals surface area contributed by atoms with Crippen LogP contribution in [-0.4, -0.2) is 47.8 Å². The first-order valence-corrected chi connectivity index (χ1v) is 7.87. The molecule has 0 bridgehead atoms. The SMILES string of the molecule is CCC(C)C(=O)N1CCCN(C(=O)c2ccccc2F)CC1. The molecule has 1 aromatic carbocycles. The third-order valence-corrected chi connectivity index (χ3v) is 4.23. The summed E-state index contributed by atoms with van der Waals surface area (Å²) in [6.07, 6.45) is 1.54. The van der Waals surface area contributed by atoms with Crippen molar-refractivity contribution in [1.82, 2.24) is 9.80 Å². The average molecular weight is 306 g/mol. The maximum atomic E-state index is 13.7. The van der Waals surface area contributed by atoms with Gasteiger partial charge in [0.15, 0.2) is 0 Å². The number of hydrogen-bond donors (Lipinski definition) is 0. The second kappa shape index (κ2) is 7.38. The maximum Gasteiger partial charge on any atom is 0.256 e. The fraction of sp³-hybridized carbons (Fsp3) is 0.529. The monoisotopic (exact) mass is 306 g/mol. The van der Waals surface area contributed by atoms with Crippen LogP contribution in [-0.2, 0) is 4.79 Å². The number of halogens is 1. The molecule has 22 heavy (non-hydrogen) atoms. The highest BCUT2D eigenvalue weighted by Gasteiger charge is 2.25. The van der Waals surface area contributed by atoms with Crippen LogP contribution >= 0.6 is 0 Å². The van der Waals surface area contributed by atoms with Gasteiger partial charge in [-0.25, -0.2) is 4.39 Å². The molecule has 1 heterocycles. The molecule has 1 aliphatic rings. The summed E-state index contributed by atoms with van der Waals surface area (Å²) in [7, 11) is 0. The Kier molecular flexibility index (Phi) is 5.52. The molecule has 0 aromatic heterocycles. The minimum Gasteiger partial charge on any atom is -0.341 e. The number of carbonyl (C=O) groups is 2. The summed E-state index contributed by atoms with van der Waals surface area (Å²) in [6.45, 7) is 6.10. The van der Waals surface area contributed by atoms with Gasteiger partial charge in [-0.15, -0.1) is 0 Å². The molecule has 0 radical (unpaired) electrons. The third kappa shape index (κ3) is 3.64. The quantitative estimate of drug-likeness (QED) is 0.861. The number of carbonyl (C=O) groups excluding carboxylic acids is 2. The van der Waals surface area contributed by atoms with E-state index in [0.29, 0.717) is 26.2 Å². The first-order valence-electron chi connectivity index (χ1n) is 7.87. The first-order chi connectivity index (χ1) is 10.5. The van der Waals surface area contributed by atoms with E-state index >= 15 is 0 Å². The van der Waals surface area contributed by atoms with Gasteiger partial charge < -0.3 is 9.80 Å². The second-order valence-corrected chi connectivity index (χ2v) is 5.76. The van der Waals surface area contributed by atoms with E-state index in [1.165, 1.54) is 12.1 Å². The Morgan fingerprint density at radius 2 is 1.77 bits per heavy atom. The van der Waals surface area contributed by atoms with E-state index < -0.39 is 5.82 Å². The summed E-state index contributed by atoms with van der Waals surface area (Å²) in [5.74, 6) is -0.642. The number of hydrogen-bond acceptors (Lipinski definition) is 2. The van der Waals surface area contributed by atoms with Gasteiger partial charge in [0.25, 0.3) is 5.91 Å². The molecule has 1 aromatic rings. The van der Waals surface area contributed by atoms with Crippen molar-refractivity contribution in [2.45, 2.75) is 26.7 Å². The standard InChI is InChI=1S/C17H23FN2O2/c1-3-13(2)16(21)19-9-6-10-20(12-11-19)17(22)14-7-4-5-8-15(14)18/h4-5,7-8,13H,3,6,9-12H2,1-2H3. The Balaban J connectivity index is 2.03. The summed E-state index contributed by atoms with van der Waals surface area (Å²) in [6, 6.07) is 6.03. The zero-order valence-electron chi connectivity index (χ0n) is 13.2. The van der Waals surface area contributed by atoms with Crippen LogP contribution < -0.4 is 0 Å². The van der Waals surface area contributed by atoms with Crippen LogP contribution in [0.1, 0.15) is 37.0 Å². The Hall–Kier alpha value is -1.91. The Morgan fingerprint density at radius 1 is 1.14 bits per heavy atom. The topological polar surface area (TPSA) is 40.6 Å². The zero-order chi connectivity index (χ0) is 16.1. The van der Waals surface area contributed by atoms with Gasteiger partial charge in [-0.05, 0) is 25.0 Å². The Labute approximate surface area is 130 Å². The van der Waals surface area contributed by atoms with E-state index in [9.17, 15) is 14.0 Å². The van der Waals surface area contributed by atoms with Crippen molar-refractivity contribution in [3.05, 3.63) is 35.6 Å². The van der Waals surface area contributed by atoms with Crippen LogP contribution in [0.25, 0.3) is 0 Å². The molecule has 1 unspecified atom stereocenters. The molecule has 120 valence electrons. The minimum atomic E-state index is -0.496. The van der Waals surface area contributed by atoms with Crippen LogP contribution in [0.3, 0.4) is 0 Å². The molecule has 2 amide bonds. The van der Waals surface area contributed by atoms with Gasteiger partial charge in [0.1, 0.15) is 5.82 Å². The Bertz CT molecular complexity index is 547. The predicted molar refractivity (Wildman–Crippen MR) is 83.0 cm³/mol. The van der Waals surface area contributed by atoms with Gasteiger partial charge in [-0.3, -0.25) is 9.59 Å². The van der Waals surface area contributed by atoms with Gasteiger partial charge in [0.2, 0.25) is 5.91 Å². The number of amides is 2. The highest BCUT2D eigenvalue weighted by atomic mass is 19.1. The van der Waals surface area contributed by atoms with Crippen molar-refractivity contribution < 1.29 is 14.0 Å². The van der Waals surface area contributed by atoms with E-state index in [0.717, 1.165) is 12.8 Å². The van der Waals surface area contributed by atoms with E-state index in [1.54, 1.807) is 17.0 Å². The molecule has 0 spiro atoms. The molecule has 2 rings (SSSR count). The van der Waals surface area contributed by atoms with Crippen LogP contribution in [0.15, 0.2) is 24.3 Å². The Morgan fingerprint density at radius 3 is 2.45 bits per heavy atom. The summed E-state index contributed by atoms with van der Waals surface area (Å²) in [5, 5.41) is 0. The summed E-state index contributed by atoms with van der Waals surface area (Å²) in [4.78, 5) is 28.1. The van der Waals surface area contributed by atoms with E-state index in [2.05, 4.69) is 0 Å². The molecule has 0 aliphatic carbocycles. The average Bonchev–Trinajstić information content (AvgIpc) is 2.79. The maximum absolute atomic E-state index is 13.7. The summed E-state index contributed by atoms with van der Waals surface area (Å²) >= 11 is 0. The summed E-state index contributed by atoms with van der Waals surface area (Å²) < 4.78 is 13.7. The smallest absolute Gasteiger partial charge is 0.256 e. The first kappa shape index (κ1) is 16.5. The van der Waals surface area contributed by atoms with Crippen molar-refractivity contribution in [1.29, 1.82) is 0 Å². The lowest BCUT2D eigenvalue weighted by Crippen LogP contribution is -2.39. The van der Waals surface area contributed by atoms with E-state index in [-0.39, 0.29) is 23.3 Å². The molecule has 4 nitrogen and oxygen atoms in total. The lowest BCUT2D eigenvalue weighted by molar-refractivity contribution is -0.134. The molecule has 1 atom stereocenters. The van der Waals surface area contributed by atoms with Crippen molar-refractivity contribution in [2.75, 3.05) is 26.2 Å². The molecular formula is C17H23FN2O2. The van der Waals surface area contributed by atoms with Gasteiger partial charge >= 0.3 is 0 Å². The zero-order valence-corrected chi connectivity index (χ0v) is 13.2. The molecule has 5 heteroatoms. The van der Waals surface area contributed by atoms with Crippen LogP contribution in [0.4, 0.5) is 4.39 Å². The fourth-order valence-corrected chi connectivity index (χ4v) is 2.63. The number of nitrogens with zero attached hydrogens (tertiary/aromatic N) is 2. The highest BCUT2D eigenvalue weighted by molar-refractivity contribution is 5.94. The van der Waals surface area contributed by atoms with Gasteiger partial charge in [0.05, 0.1) is 5.56 Å². The van der Waals surface area contributed by atoms with Crippen molar-refractivity contribution in [3.63, 3.8) is 0 Å². The summed E-state index contributed by atoms with van der Waals surface area (Å²) in [5.41, 5.74) is 0.101. The molecule has 1 fully saturated rings. The van der Waals surface area contributed by atoms with Crippen LogP contribution in [0.2, 0.25) is 0 Å². The second-order valence-electron chi connectivity index (χ2n) is 5.76. The van der Waals surface area contributed by atoms with Crippen LogP contribution in [0, 0.1) is 11.7 Å². The largest absolute Gasteiger partial charge is 0.341 e. The third-order valence-electron chi connectivity index (χ3n) is 4.23. The predicted octanol–water partition coefficient (Wildman–Crippen LogP) is 2.55. The number of rotatable bonds is 3. The van der Waals surface area contributed by atoms with E-state index in [4.69, 9.17) is 0 Å². The van der Waals surface area contributed by atoms with Gasteiger partial charge in [-0.1, -0.05) is 26.0 Å². The molecule has 0 N–H and O–H groups in total. The van der Waals surface area contributed by atoms with Crippen molar-refractivity contribution in [3.8, 4) is 0 Å². The minimum absolute atomic E-state index is 0.00817. The van der Waals surface area contributed by atoms with E-state index in [1.807, 2.05) is 18.7 Å². The lowest BCUT2D eigenvalue weighted by atomic mass is 10.1. The van der Waals surface area contributed by atoms with Crippen molar-refractivity contribution in [2.24, 2.45) is 5.92 Å². The van der Waals surface area contributed by atoms with Crippen LogP contribution in [0.5, 0.6) is 0 Å². The number of benzene rings is 1. The van der Waals surface area contributed by atoms with Gasteiger partial charge in [0, 0.05) is 32.1 Å². The van der Waals surface area contributed by atoms with Crippen molar-refractivity contribution >= 4 is 11.8 Å². The molecule has 0 saturated carbocycles. The molecule has 1 aliphatic heterocycles.